The van der Waals surface area contributed by atoms with Crippen molar-refractivity contribution in [3.05, 3.63) is 53.7 Å². The molecule has 0 aliphatic heterocycles. The van der Waals surface area contributed by atoms with Gasteiger partial charge >= 0.3 is 0 Å². The van der Waals surface area contributed by atoms with Gasteiger partial charge in [0.1, 0.15) is 0 Å². The fourth-order valence-corrected chi connectivity index (χ4v) is 2.78. The van der Waals surface area contributed by atoms with Gasteiger partial charge in [-0.1, -0.05) is 18.2 Å². The number of hydrogen-bond donors (Lipinski definition) is 2. The van der Waals surface area contributed by atoms with Gasteiger partial charge in [-0.25, -0.2) is 0 Å². The van der Waals surface area contributed by atoms with E-state index in [0.29, 0.717) is 12.1 Å². The molecule has 1 aromatic heterocycles. The summed E-state index contributed by atoms with van der Waals surface area (Å²) in [6, 6.07) is 11.4. The lowest BCUT2D eigenvalue weighted by Gasteiger charge is -2.36. The van der Waals surface area contributed by atoms with E-state index >= 15 is 0 Å². The maximum atomic E-state index is 12.4. The van der Waals surface area contributed by atoms with E-state index in [1.165, 1.54) is 0 Å². The number of pyridine rings is 1. The van der Waals surface area contributed by atoms with Crippen molar-refractivity contribution in [1.29, 1.82) is 0 Å². The molecule has 0 saturated heterocycles. The Morgan fingerprint density at radius 3 is 2.73 bits per heavy atom. The summed E-state index contributed by atoms with van der Waals surface area (Å²) in [6.45, 7) is 2.25. The zero-order valence-corrected chi connectivity index (χ0v) is 12.7. The number of carbonyl (C=O) groups excluding carboxylic acids is 1. The van der Waals surface area contributed by atoms with Crippen LogP contribution in [0.25, 0.3) is 11.3 Å². The van der Waals surface area contributed by atoms with Crippen LogP contribution in [0.15, 0.2) is 42.6 Å². The average molecular weight is 296 g/mol. The van der Waals surface area contributed by atoms with Gasteiger partial charge in [0.2, 0.25) is 0 Å². The minimum atomic E-state index is -0.706. The quantitative estimate of drug-likeness (QED) is 0.912. The molecule has 0 unspecified atom stereocenters. The van der Waals surface area contributed by atoms with Gasteiger partial charge in [0, 0.05) is 23.9 Å². The van der Waals surface area contributed by atoms with Crippen LogP contribution in [0.3, 0.4) is 0 Å². The predicted octanol–water partition coefficient (Wildman–Crippen LogP) is 2.70. The van der Waals surface area contributed by atoms with E-state index in [0.717, 1.165) is 36.1 Å². The number of rotatable bonds is 4. The first-order chi connectivity index (χ1) is 10.6. The Labute approximate surface area is 130 Å². The smallest absolute Gasteiger partial charge is 0.251 e. The number of hydrogen-bond acceptors (Lipinski definition) is 3. The summed E-state index contributed by atoms with van der Waals surface area (Å²) in [6.07, 6.45) is 4.30. The molecule has 2 aromatic rings. The molecule has 1 aromatic carbocycles. The van der Waals surface area contributed by atoms with Crippen molar-refractivity contribution < 1.29 is 9.90 Å². The van der Waals surface area contributed by atoms with Crippen LogP contribution in [0.1, 0.15) is 35.2 Å². The van der Waals surface area contributed by atoms with Crippen LogP contribution < -0.4 is 5.32 Å². The zero-order valence-electron chi connectivity index (χ0n) is 12.7. The fourth-order valence-electron chi connectivity index (χ4n) is 2.78. The number of nitrogens with zero attached hydrogens (tertiary/aromatic N) is 1. The lowest BCUT2D eigenvalue weighted by molar-refractivity contribution is -0.0300. The molecule has 4 heteroatoms. The molecule has 0 bridgehead atoms. The zero-order chi connectivity index (χ0) is 15.6. The van der Waals surface area contributed by atoms with Crippen LogP contribution in [0.5, 0.6) is 0 Å². The Morgan fingerprint density at radius 2 is 2.09 bits per heavy atom. The third kappa shape index (κ3) is 2.88. The second-order valence-electron chi connectivity index (χ2n) is 5.95. The SMILES string of the molecule is Cc1c(C(=O)NCC2(O)CCC2)cccc1-c1ccccn1. The molecule has 1 aliphatic rings. The lowest BCUT2D eigenvalue weighted by Crippen LogP contribution is -2.47. The first-order valence-corrected chi connectivity index (χ1v) is 7.61. The molecule has 0 spiro atoms. The maximum Gasteiger partial charge on any atom is 0.251 e. The van der Waals surface area contributed by atoms with Crippen molar-refractivity contribution >= 4 is 5.91 Å². The topological polar surface area (TPSA) is 62.2 Å². The first-order valence-electron chi connectivity index (χ1n) is 7.61. The second-order valence-corrected chi connectivity index (χ2v) is 5.95. The van der Waals surface area contributed by atoms with E-state index in [1.54, 1.807) is 6.20 Å². The van der Waals surface area contributed by atoms with Crippen LogP contribution in [0.4, 0.5) is 0 Å². The van der Waals surface area contributed by atoms with E-state index in [4.69, 9.17) is 0 Å². The molecule has 1 heterocycles. The minimum absolute atomic E-state index is 0.143. The molecule has 0 radical (unpaired) electrons. The summed E-state index contributed by atoms with van der Waals surface area (Å²) < 4.78 is 0. The van der Waals surface area contributed by atoms with E-state index in [2.05, 4.69) is 10.3 Å². The van der Waals surface area contributed by atoms with Crippen molar-refractivity contribution in [2.45, 2.75) is 31.8 Å². The Hall–Kier alpha value is -2.20. The highest BCUT2D eigenvalue weighted by Gasteiger charge is 2.34. The standard InChI is InChI=1S/C18H20N2O2/c1-13-14(16-8-2-3-11-19-16)6-4-7-15(13)17(21)20-12-18(22)9-5-10-18/h2-4,6-8,11,22H,5,9-10,12H2,1H3,(H,20,21). The van der Waals surface area contributed by atoms with Crippen LogP contribution in [-0.2, 0) is 0 Å². The third-order valence-electron chi connectivity index (χ3n) is 4.38. The highest BCUT2D eigenvalue weighted by molar-refractivity contribution is 5.97. The summed E-state index contributed by atoms with van der Waals surface area (Å²) in [4.78, 5) is 16.7. The Balaban J connectivity index is 1.80. The lowest BCUT2D eigenvalue weighted by atomic mass is 9.80. The first kappa shape index (κ1) is 14.7. The Bertz CT molecular complexity index is 679. The average Bonchev–Trinajstić information content (AvgIpc) is 2.52. The molecule has 2 N–H and O–H groups in total. The molecule has 4 nitrogen and oxygen atoms in total. The molecular formula is C18H20N2O2. The maximum absolute atomic E-state index is 12.4. The second kappa shape index (κ2) is 5.89. The van der Waals surface area contributed by atoms with Gasteiger partial charge in [-0.2, -0.15) is 0 Å². The summed E-state index contributed by atoms with van der Waals surface area (Å²) in [5, 5.41) is 12.9. The molecule has 22 heavy (non-hydrogen) atoms. The van der Waals surface area contributed by atoms with Gasteiger partial charge in [-0.05, 0) is 49.9 Å². The van der Waals surface area contributed by atoms with Crippen LogP contribution in [0, 0.1) is 6.92 Å². The summed E-state index contributed by atoms with van der Waals surface area (Å²) in [5.41, 5.74) is 2.63. The third-order valence-corrected chi connectivity index (χ3v) is 4.38. The van der Waals surface area contributed by atoms with Crippen LogP contribution in [-0.4, -0.2) is 28.1 Å². The number of amides is 1. The van der Waals surface area contributed by atoms with Crippen molar-refractivity contribution in [3.8, 4) is 11.3 Å². The number of aliphatic hydroxyl groups is 1. The van der Waals surface area contributed by atoms with Gasteiger partial charge in [0.15, 0.2) is 0 Å². The van der Waals surface area contributed by atoms with Gasteiger partial charge in [0.05, 0.1) is 11.3 Å². The fraction of sp³-hybridized carbons (Fsp3) is 0.333. The number of aromatic nitrogens is 1. The molecule has 114 valence electrons. The predicted molar refractivity (Wildman–Crippen MR) is 85.5 cm³/mol. The summed E-state index contributed by atoms with van der Waals surface area (Å²) in [5.74, 6) is -0.143. The highest BCUT2D eigenvalue weighted by atomic mass is 16.3. The molecule has 1 fully saturated rings. The normalized spacial score (nSPS) is 15.9. The van der Waals surface area contributed by atoms with Crippen molar-refractivity contribution in [2.75, 3.05) is 6.54 Å². The van der Waals surface area contributed by atoms with Crippen LogP contribution in [0.2, 0.25) is 0 Å². The van der Waals surface area contributed by atoms with E-state index < -0.39 is 5.60 Å². The molecule has 3 rings (SSSR count). The van der Waals surface area contributed by atoms with Gasteiger partial charge in [0.25, 0.3) is 5.91 Å². The number of nitrogens with one attached hydrogen (secondary N) is 1. The van der Waals surface area contributed by atoms with Crippen molar-refractivity contribution in [1.82, 2.24) is 10.3 Å². The number of benzene rings is 1. The molecule has 1 amide bonds. The van der Waals surface area contributed by atoms with Crippen molar-refractivity contribution in [3.63, 3.8) is 0 Å². The molecule has 1 saturated carbocycles. The highest BCUT2D eigenvalue weighted by Crippen LogP contribution is 2.31. The summed E-state index contributed by atoms with van der Waals surface area (Å²) >= 11 is 0. The minimum Gasteiger partial charge on any atom is -0.388 e. The Morgan fingerprint density at radius 1 is 1.27 bits per heavy atom. The van der Waals surface area contributed by atoms with E-state index in [1.807, 2.05) is 43.3 Å². The number of carbonyl (C=O) groups is 1. The van der Waals surface area contributed by atoms with Crippen LogP contribution >= 0.6 is 0 Å². The van der Waals surface area contributed by atoms with E-state index in [-0.39, 0.29) is 5.91 Å². The van der Waals surface area contributed by atoms with Gasteiger partial charge in [-0.3, -0.25) is 9.78 Å². The van der Waals surface area contributed by atoms with Gasteiger partial charge in [-0.15, -0.1) is 0 Å². The Kier molecular flexibility index (Phi) is 3.94. The van der Waals surface area contributed by atoms with Gasteiger partial charge < -0.3 is 10.4 Å². The molecule has 1 aliphatic carbocycles. The van der Waals surface area contributed by atoms with Crippen molar-refractivity contribution in [2.24, 2.45) is 0 Å². The summed E-state index contributed by atoms with van der Waals surface area (Å²) in [7, 11) is 0. The molecule has 0 atom stereocenters. The monoisotopic (exact) mass is 296 g/mol. The molecular weight excluding hydrogens is 276 g/mol. The largest absolute Gasteiger partial charge is 0.388 e. The van der Waals surface area contributed by atoms with E-state index in [9.17, 15) is 9.90 Å².